The molecule has 1 atom stereocenters. The Hall–Kier alpha value is -2.54. The van der Waals surface area contributed by atoms with Crippen LogP contribution in [0.2, 0.25) is 0 Å². The van der Waals surface area contributed by atoms with Crippen LogP contribution in [-0.2, 0) is 4.74 Å². The first-order chi connectivity index (χ1) is 10.2. The fraction of sp³-hybridized carbons (Fsp3) is 0.286. The minimum Gasteiger partial charge on any atom is -0.384 e. The Kier molecular flexibility index (Phi) is 3.74. The van der Waals surface area contributed by atoms with Gasteiger partial charge in [-0.15, -0.1) is 0 Å². The highest BCUT2D eigenvalue weighted by atomic mass is 16.5. The number of nitrogens with two attached hydrogens (primary N) is 1. The van der Waals surface area contributed by atoms with Gasteiger partial charge in [-0.25, -0.2) is 4.98 Å². The van der Waals surface area contributed by atoms with Gasteiger partial charge in [0.2, 0.25) is 0 Å². The molecule has 0 aliphatic carbocycles. The van der Waals surface area contributed by atoms with E-state index >= 15 is 0 Å². The fourth-order valence-electron chi connectivity index (χ4n) is 2.26. The third kappa shape index (κ3) is 2.97. The Morgan fingerprint density at radius 2 is 2.24 bits per heavy atom. The molecule has 21 heavy (non-hydrogen) atoms. The number of morpholine rings is 1. The summed E-state index contributed by atoms with van der Waals surface area (Å²) in [6.45, 7) is 1.45. The number of anilines is 1. The molecule has 2 aromatic rings. The third-order valence-corrected chi connectivity index (χ3v) is 3.31. The molecule has 1 amide bonds. The molecule has 0 radical (unpaired) electrons. The van der Waals surface area contributed by atoms with E-state index in [-0.39, 0.29) is 12.0 Å². The second kappa shape index (κ2) is 5.84. The van der Waals surface area contributed by atoms with Crippen LogP contribution in [0.4, 0.5) is 5.82 Å². The number of hydrogen-bond acceptors (Lipinski definition) is 6. The molecule has 3 heterocycles. The van der Waals surface area contributed by atoms with E-state index < -0.39 is 0 Å². The smallest absolute Gasteiger partial charge is 0.255 e. The zero-order chi connectivity index (χ0) is 14.7. The fourth-order valence-corrected chi connectivity index (χ4v) is 2.26. The molecule has 0 bridgehead atoms. The van der Waals surface area contributed by atoms with Crippen molar-refractivity contribution in [1.82, 2.24) is 20.1 Å². The summed E-state index contributed by atoms with van der Waals surface area (Å²) in [5.41, 5.74) is 6.94. The van der Waals surface area contributed by atoms with Gasteiger partial charge in [0.15, 0.2) is 0 Å². The first kappa shape index (κ1) is 13.4. The Bertz CT molecular complexity index is 634. The highest BCUT2D eigenvalue weighted by Gasteiger charge is 2.27. The van der Waals surface area contributed by atoms with E-state index in [1.807, 2.05) is 12.1 Å². The van der Waals surface area contributed by atoms with Gasteiger partial charge in [-0.1, -0.05) is 6.07 Å². The number of nitrogens with zero attached hydrogens (tertiary/aromatic N) is 4. The first-order valence-corrected chi connectivity index (χ1v) is 6.64. The van der Waals surface area contributed by atoms with Crippen LogP contribution in [0, 0.1) is 0 Å². The minimum atomic E-state index is -0.263. The molecule has 0 spiro atoms. The van der Waals surface area contributed by atoms with Crippen LogP contribution in [0.5, 0.6) is 0 Å². The molecule has 1 saturated heterocycles. The topological polar surface area (TPSA) is 94.2 Å². The molecule has 2 aromatic heterocycles. The highest BCUT2D eigenvalue weighted by Crippen LogP contribution is 2.22. The quantitative estimate of drug-likeness (QED) is 0.871. The van der Waals surface area contributed by atoms with Crippen molar-refractivity contribution in [2.45, 2.75) is 6.10 Å². The van der Waals surface area contributed by atoms with Gasteiger partial charge in [-0.05, 0) is 18.2 Å². The number of carbonyl (C=O) groups excluding carboxylic acids is 1. The van der Waals surface area contributed by atoms with Gasteiger partial charge in [-0.3, -0.25) is 4.79 Å². The molecular formula is C14H15N5O2. The number of aromatic nitrogens is 3. The summed E-state index contributed by atoms with van der Waals surface area (Å²) in [7, 11) is 0. The lowest BCUT2D eigenvalue weighted by molar-refractivity contribution is -0.0246. The summed E-state index contributed by atoms with van der Waals surface area (Å²) in [6.07, 6.45) is 2.71. The van der Waals surface area contributed by atoms with Crippen molar-refractivity contribution in [3.8, 4) is 0 Å². The summed E-state index contributed by atoms with van der Waals surface area (Å²) in [5.74, 6) is 0.361. The maximum absolute atomic E-state index is 12.4. The summed E-state index contributed by atoms with van der Waals surface area (Å²) in [6, 6.07) is 7.05. The van der Waals surface area contributed by atoms with Gasteiger partial charge in [0.05, 0.1) is 36.8 Å². The van der Waals surface area contributed by atoms with Crippen LogP contribution < -0.4 is 5.73 Å². The Balaban J connectivity index is 1.75. The lowest BCUT2D eigenvalue weighted by Gasteiger charge is -2.32. The minimum absolute atomic E-state index is 0.0814. The highest BCUT2D eigenvalue weighted by molar-refractivity contribution is 5.93. The number of pyridine rings is 1. The second-order valence-electron chi connectivity index (χ2n) is 4.73. The molecule has 1 fully saturated rings. The lowest BCUT2D eigenvalue weighted by Crippen LogP contribution is -2.42. The first-order valence-electron chi connectivity index (χ1n) is 6.64. The summed E-state index contributed by atoms with van der Waals surface area (Å²) in [5, 5.41) is 7.41. The Morgan fingerprint density at radius 1 is 1.33 bits per heavy atom. The van der Waals surface area contributed by atoms with E-state index in [4.69, 9.17) is 10.5 Å². The molecule has 7 heteroatoms. The Labute approximate surface area is 121 Å². The van der Waals surface area contributed by atoms with E-state index in [9.17, 15) is 4.79 Å². The second-order valence-corrected chi connectivity index (χ2v) is 4.73. The summed E-state index contributed by atoms with van der Waals surface area (Å²) in [4.78, 5) is 18.4. The van der Waals surface area contributed by atoms with E-state index in [1.54, 1.807) is 17.0 Å². The van der Waals surface area contributed by atoms with Crippen LogP contribution >= 0.6 is 0 Å². The summed E-state index contributed by atoms with van der Waals surface area (Å²) < 4.78 is 5.70. The molecule has 0 aromatic carbocycles. The Morgan fingerprint density at radius 3 is 3.00 bits per heavy atom. The molecule has 7 nitrogen and oxygen atoms in total. The third-order valence-electron chi connectivity index (χ3n) is 3.31. The van der Waals surface area contributed by atoms with E-state index in [2.05, 4.69) is 15.2 Å². The molecule has 0 saturated carbocycles. The van der Waals surface area contributed by atoms with Crippen LogP contribution in [-0.4, -0.2) is 45.7 Å². The van der Waals surface area contributed by atoms with Crippen molar-refractivity contribution in [3.63, 3.8) is 0 Å². The van der Waals surface area contributed by atoms with Gasteiger partial charge < -0.3 is 15.4 Å². The monoisotopic (exact) mass is 285 g/mol. The van der Waals surface area contributed by atoms with Gasteiger partial charge >= 0.3 is 0 Å². The molecule has 1 aliphatic rings. The van der Waals surface area contributed by atoms with E-state index in [1.165, 1.54) is 12.4 Å². The van der Waals surface area contributed by atoms with Crippen molar-refractivity contribution in [2.24, 2.45) is 0 Å². The van der Waals surface area contributed by atoms with Crippen molar-refractivity contribution in [1.29, 1.82) is 0 Å². The average molecular weight is 285 g/mol. The molecule has 2 N–H and O–H groups in total. The van der Waals surface area contributed by atoms with Gasteiger partial charge in [-0.2, -0.15) is 10.2 Å². The van der Waals surface area contributed by atoms with E-state index in [0.717, 1.165) is 5.69 Å². The van der Waals surface area contributed by atoms with Crippen molar-refractivity contribution in [3.05, 3.63) is 47.9 Å². The zero-order valence-corrected chi connectivity index (χ0v) is 11.3. The molecule has 1 aliphatic heterocycles. The maximum atomic E-state index is 12.4. The SMILES string of the molecule is Nc1cccc([C@H]2CN(C(=O)c3ccnnc3)CCO2)n1. The molecule has 0 unspecified atom stereocenters. The summed E-state index contributed by atoms with van der Waals surface area (Å²) >= 11 is 0. The number of ether oxygens (including phenoxy) is 1. The maximum Gasteiger partial charge on any atom is 0.255 e. The van der Waals surface area contributed by atoms with Crippen molar-refractivity contribution < 1.29 is 9.53 Å². The molecular weight excluding hydrogens is 270 g/mol. The normalized spacial score (nSPS) is 18.5. The van der Waals surface area contributed by atoms with Crippen LogP contribution in [0.3, 0.4) is 0 Å². The van der Waals surface area contributed by atoms with Gasteiger partial charge in [0, 0.05) is 6.54 Å². The lowest BCUT2D eigenvalue weighted by atomic mass is 10.1. The number of nitrogen functional groups attached to an aromatic ring is 1. The number of rotatable bonds is 2. The predicted octanol–water partition coefficient (Wildman–Crippen LogP) is 0.667. The van der Waals surface area contributed by atoms with Crippen LogP contribution in [0.25, 0.3) is 0 Å². The standard InChI is InChI=1S/C14H15N5O2/c15-13-3-1-2-11(18-13)12-9-19(6-7-21-12)14(20)10-4-5-16-17-8-10/h1-5,8,12H,6-7,9H2,(H2,15,18)/t12-/m1/s1. The average Bonchev–Trinajstić information content (AvgIpc) is 2.55. The van der Waals surface area contributed by atoms with Crippen molar-refractivity contribution >= 4 is 11.7 Å². The van der Waals surface area contributed by atoms with Crippen LogP contribution in [0.15, 0.2) is 36.7 Å². The van der Waals surface area contributed by atoms with E-state index in [0.29, 0.717) is 31.1 Å². The number of carbonyl (C=O) groups is 1. The van der Waals surface area contributed by atoms with Crippen molar-refractivity contribution in [2.75, 3.05) is 25.4 Å². The van der Waals surface area contributed by atoms with Gasteiger partial charge in [0.25, 0.3) is 5.91 Å². The number of hydrogen-bond donors (Lipinski definition) is 1. The number of amides is 1. The van der Waals surface area contributed by atoms with Crippen LogP contribution in [0.1, 0.15) is 22.2 Å². The largest absolute Gasteiger partial charge is 0.384 e. The van der Waals surface area contributed by atoms with Gasteiger partial charge in [0.1, 0.15) is 11.9 Å². The zero-order valence-electron chi connectivity index (χ0n) is 11.3. The molecule has 108 valence electrons. The predicted molar refractivity (Wildman–Crippen MR) is 75.3 cm³/mol. The molecule has 3 rings (SSSR count).